The van der Waals surface area contributed by atoms with Gasteiger partial charge in [0.05, 0.1) is 19.8 Å². The highest BCUT2D eigenvalue weighted by Crippen LogP contribution is 2.40. The maximum absolute atomic E-state index is 13.5. The molecule has 0 atom stereocenters. The summed E-state index contributed by atoms with van der Waals surface area (Å²) in [6, 6.07) is 15.7. The predicted octanol–water partition coefficient (Wildman–Crippen LogP) is 4.96. The zero-order chi connectivity index (χ0) is 30.9. The highest BCUT2D eigenvalue weighted by molar-refractivity contribution is 6.08. The minimum absolute atomic E-state index is 0.0996. The summed E-state index contributed by atoms with van der Waals surface area (Å²) < 4.78 is 9.82. The number of unbranched alkanes of at least 4 members (excludes halogenated alkanes) is 1. The van der Waals surface area contributed by atoms with Crippen molar-refractivity contribution in [3.63, 3.8) is 0 Å². The van der Waals surface area contributed by atoms with E-state index in [-0.39, 0.29) is 32.3 Å². The van der Waals surface area contributed by atoms with E-state index in [2.05, 4.69) is 27.2 Å². The maximum Gasteiger partial charge on any atom is 0.510 e. The summed E-state index contributed by atoms with van der Waals surface area (Å²) in [4.78, 5) is 47.6. The molecule has 232 valence electrons. The predicted molar refractivity (Wildman–Crippen MR) is 157 cm³/mol. The summed E-state index contributed by atoms with van der Waals surface area (Å²) in [5, 5.41) is 21.6. The van der Waals surface area contributed by atoms with Crippen LogP contribution in [0.15, 0.2) is 53.5 Å². The van der Waals surface area contributed by atoms with Gasteiger partial charge in [0, 0.05) is 18.4 Å². The second-order valence-electron chi connectivity index (χ2n) is 10.8. The van der Waals surface area contributed by atoms with Crippen molar-refractivity contribution in [3.05, 3.63) is 64.2 Å². The van der Waals surface area contributed by atoms with Gasteiger partial charge in [-0.25, -0.2) is 4.79 Å². The molecule has 1 aliphatic heterocycles. The molecule has 3 aromatic rings. The van der Waals surface area contributed by atoms with Crippen LogP contribution in [0, 0.1) is 10.1 Å². The van der Waals surface area contributed by atoms with E-state index >= 15 is 0 Å². The minimum atomic E-state index is -0.969. The average Bonchev–Trinajstić information content (AvgIpc) is 3.76. The summed E-state index contributed by atoms with van der Waals surface area (Å²) in [5.41, 5.74) is 3.06. The fourth-order valence-corrected chi connectivity index (χ4v) is 5.51. The number of ether oxygens (including phenoxy) is 2. The van der Waals surface area contributed by atoms with E-state index in [4.69, 9.17) is 14.5 Å². The van der Waals surface area contributed by atoms with Gasteiger partial charge in [-0.3, -0.25) is 14.7 Å². The lowest BCUT2D eigenvalue weighted by atomic mass is 9.97. The Labute approximate surface area is 254 Å². The number of nitrogens with zero attached hydrogens (tertiary/aromatic N) is 7. The Bertz CT molecular complexity index is 1500. The molecule has 44 heavy (non-hydrogen) atoms. The highest BCUT2D eigenvalue weighted by atomic mass is 16.9. The summed E-state index contributed by atoms with van der Waals surface area (Å²) in [6.45, 7) is 2.03. The van der Waals surface area contributed by atoms with E-state index in [1.807, 2.05) is 53.4 Å². The monoisotopic (exact) mass is 605 g/mol. The van der Waals surface area contributed by atoms with Crippen LogP contribution in [-0.4, -0.2) is 66.8 Å². The Kier molecular flexibility index (Phi) is 9.77. The van der Waals surface area contributed by atoms with Gasteiger partial charge >= 0.3 is 6.16 Å². The Morgan fingerprint density at radius 3 is 2.50 bits per heavy atom. The molecular formula is C30H35N7O7. The Morgan fingerprint density at radius 1 is 1.02 bits per heavy atom. The number of hydrogen-bond acceptors (Lipinski definition) is 11. The summed E-state index contributed by atoms with van der Waals surface area (Å²) in [6.07, 6.45) is 5.82. The van der Waals surface area contributed by atoms with E-state index in [1.165, 1.54) is 0 Å². The molecule has 2 aromatic carbocycles. The number of benzene rings is 2. The molecule has 0 bridgehead atoms. The standard InChI is InChI=1S/C30H35N7O7/c1-2-3-11-26-31-30(16-6-7-17-30)28(38)35(26)20-22-12-14-23(15-13-22)24-9-4-5-10-25(24)27-32-34-36(33-27)21-43-29(39)42-18-8-19-44-37(40)41/h4-5,9-10,12-15H,2-3,6-8,11,16-21H2,1H3. The van der Waals surface area contributed by atoms with Crippen molar-refractivity contribution in [3.8, 4) is 22.5 Å². The second kappa shape index (κ2) is 14.1. The van der Waals surface area contributed by atoms with Crippen molar-refractivity contribution in [2.45, 2.75) is 77.1 Å². The van der Waals surface area contributed by atoms with Crippen LogP contribution in [0.2, 0.25) is 0 Å². The third kappa shape index (κ3) is 7.18. The number of rotatable bonds is 14. The molecular weight excluding hydrogens is 570 g/mol. The smallest absolute Gasteiger partial charge is 0.434 e. The lowest BCUT2D eigenvalue weighted by Gasteiger charge is -2.23. The summed E-state index contributed by atoms with van der Waals surface area (Å²) >= 11 is 0. The highest BCUT2D eigenvalue weighted by Gasteiger charge is 2.49. The van der Waals surface area contributed by atoms with Crippen LogP contribution >= 0.6 is 0 Å². The lowest BCUT2D eigenvalue weighted by molar-refractivity contribution is -0.757. The van der Waals surface area contributed by atoms with Crippen molar-refractivity contribution in [1.82, 2.24) is 25.1 Å². The number of amidine groups is 1. The number of amides is 1. The quantitative estimate of drug-likeness (QED) is 0.106. The van der Waals surface area contributed by atoms with Crippen molar-refractivity contribution in [1.29, 1.82) is 0 Å². The Morgan fingerprint density at radius 2 is 1.77 bits per heavy atom. The zero-order valence-electron chi connectivity index (χ0n) is 24.6. The summed E-state index contributed by atoms with van der Waals surface area (Å²) in [7, 11) is 0. The van der Waals surface area contributed by atoms with E-state index in [9.17, 15) is 19.7 Å². The molecule has 0 radical (unpaired) electrons. The van der Waals surface area contributed by atoms with Gasteiger partial charge in [-0.15, -0.1) is 25.1 Å². The number of hydrogen-bond donors (Lipinski definition) is 0. The van der Waals surface area contributed by atoms with Gasteiger partial charge < -0.3 is 14.3 Å². The first-order chi connectivity index (χ1) is 21.4. The number of tetrazole rings is 1. The van der Waals surface area contributed by atoms with Crippen LogP contribution in [0.3, 0.4) is 0 Å². The number of aromatic nitrogens is 4. The SMILES string of the molecule is CCCCC1=NC2(CCCC2)C(=O)N1Cc1ccc(-c2ccccc2-c2nnn(COC(=O)OCCCO[N+](=O)[O-])n2)cc1. The topological polar surface area (TPSA) is 164 Å². The number of carbonyl (C=O) groups excluding carboxylic acids is 2. The zero-order valence-corrected chi connectivity index (χ0v) is 24.6. The molecule has 2 aliphatic rings. The van der Waals surface area contributed by atoms with Gasteiger partial charge in [-0.1, -0.05) is 74.7 Å². The van der Waals surface area contributed by atoms with Crippen LogP contribution in [0.1, 0.15) is 63.9 Å². The van der Waals surface area contributed by atoms with Gasteiger partial charge in [-0.05, 0) is 41.2 Å². The van der Waals surface area contributed by atoms with Gasteiger partial charge in [-0.2, -0.15) is 0 Å². The molecule has 14 nitrogen and oxygen atoms in total. The first-order valence-electron chi connectivity index (χ1n) is 14.8. The minimum Gasteiger partial charge on any atom is -0.434 e. The number of aliphatic imine (C=N–C) groups is 1. The van der Waals surface area contributed by atoms with Crippen LogP contribution in [0.4, 0.5) is 4.79 Å². The molecule has 14 heteroatoms. The molecule has 1 aliphatic carbocycles. The van der Waals surface area contributed by atoms with Crippen LogP contribution < -0.4 is 0 Å². The van der Waals surface area contributed by atoms with E-state index < -0.39 is 16.8 Å². The fraction of sp³-hybridized carbons (Fsp3) is 0.467. The lowest BCUT2D eigenvalue weighted by Crippen LogP contribution is -2.40. The third-order valence-corrected chi connectivity index (χ3v) is 7.71. The van der Waals surface area contributed by atoms with E-state index in [1.54, 1.807) is 0 Å². The van der Waals surface area contributed by atoms with Crippen molar-refractivity contribution >= 4 is 17.9 Å². The molecule has 1 saturated carbocycles. The molecule has 5 rings (SSSR count). The Hall–Kier alpha value is -4.88. The molecule has 0 unspecified atom stereocenters. The molecule has 2 heterocycles. The maximum atomic E-state index is 13.5. The van der Waals surface area contributed by atoms with E-state index in [0.29, 0.717) is 12.4 Å². The molecule has 1 amide bonds. The van der Waals surface area contributed by atoms with Crippen LogP contribution in [-0.2, 0) is 32.4 Å². The second-order valence-corrected chi connectivity index (χ2v) is 10.8. The molecule has 1 fully saturated rings. The van der Waals surface area contributed by atoms with Gasteiger partial charge in [0.2, 0.25) is 12.6 Å². The molecule has 1 aromatic heterocycles. The largest absolute Gasteiger partial charge is 0.510 e. The molecule has 0 saturated heterocycles. The van der Waals surface area contributed by atoms with Gasteiger partial charge in [0.1, 0.15) is 11.4 Å². The van der Waals surface area contributed by atoms with Crippen LogP contribution in [0.5, 0.6) is 0 Å². The molecule has 1 spiro atoms. The first-order valence-corrected chi connectivity index (χ1v) is 14.8. The third-order valence-electron chi connectivity index (χ3n) is 7.71. The average molecular weight is 606 g/mol. The van der Waals surface area contributed by atoms with Crippen molar-refractivity contribution < 1.29 is 29.0 Å². The fourth-order valence-electron chi connectivity index (χ4n) is 5.51. The van der Waals surface area contributed by atoms with Gasteiger partial charge in [0.25, 0.3) is 11.0 Å². The Balaban J connectivity index is 1.22. The first kappa shape index (κ1) is 30.6. The number of carbonyl (C=O) groups is 2. The van der Waals surface area contributed by atoms with Crippen molar-refractivity contribution in [2.24, 2.45) is 4.99 Å². The molecule has 0 N–H and O–H groups in total. The summed E-state index contributed by atoms with van der Waals surface area (Å²) in [5.74, 6) is 1.41. The van der Waals surface area contributed by atoms with Gasteiger partial charge in [0.15, 0.2) is 0 Å². The van der Waals surface area contributed by atoms with Crippen molar-refractivity contribution in [2.75, 3.05) is 13.2 Å². The van der Waals surface area contributed by atoms with Crippen LogP contribution in [0.25, 0.3) is 22.5 Å². The normalized spacial score (nSPS) is 15.4. The van der Waals surface area contributed by atoms with E-state index in [0.717, 1.165) is 77.8 Å².